The van der Waals surface area contributed by atoms with Gasteiger partial charge in [-0.2, -0.15) is 0 Å². The molecule has 1 unspecified atom stereocenters. The van der Waals surface area contributed by atoms with E-state index in [0.29, 0.717) is 11.1 Å². The fourth-order valence-electron chi connectivity index (χ4n) is 2.11. The van der Waals surface area contributed by atoms with Crippen LogP contribution >= 0.6 is 0 Å². The summed E-state index contributed by atoms with van der Waals surface area (Å²) in [6.45, 7) is 1.94. The molecule has 2 N–H and O–H groups in total. The molecule has 0 aliphatic heterocycles. The largest absolute Gasteiger partial charge is 0.494 e. The molecule has 2 aromatic rings. The van der Waals surface area contributed by atoms with Gasteiger partial charge in [0, 0.05) is 6.54 Å². The molecule has 2 amide bonds. The van der Waals surface area contributed by atoms with Crippen LogP contribution in [0.25, 0.3) is 0 Å². The maximum absolute atomic E-state index is 13.7. The van der Waals surface area contributed by atoms with Crippen LogP contribution in [0.2, 0.25) is 0 Å². The number of nitrogens with one attached hydrogen (secondary N) is 2. The van der Waals surface area contributed by atoms with Crippen molar-refractivity contribution in [2.45, 2.75) is 19.5 Å². The van der Waals surface area contributed by atoms with Crippen molar-refractivity contribution < 1.29 is 18.3 Å². The molecule has 0 radical (unpaired) electrons. The quantitative estimate of drug-likeness (QED) is 0.885. The van der Waals surface area contributed by atoms with Crippen molar-refractivity contribution in [3.8, 4) is 5.75 Å². The molecule has 0 aromatic heterocycles. The molecular weight excluding hydrogens is 302 g/mol. The first-order valence-corrected chi connectivity index (χ1v) is 7.12. The first kappa shape index (κ1) is 16.7. The van der Waals surface area contributed by atoms with Gasteiger partial charge in [0.2, 0.25) is 0 Å². The SMILES string of the molecule is COc1ccc(C(C)NC(=O)NCc2cccc(F)c2)cc1F. The van der Waals surface area contributed by atoms with Gasteiger partial charge in [-0.05, 0) is 42.3 Å². The third-order valence-corrected chi connectivity index (χ3v) is 3.37. The molecule has 0 spiro atoms. The number of ether oxygens (including phenoxy) is 1. The lowest BCUT2D eigenvalue weighted by molar-refractivity contribution is 0.237. The fraction of sp³-hybridized carbons (Fsp3) is 0.235. The Morgan fingerprint density at radius 3 is 2.65 bits per heavy atom. The van der Waals surface area contributed by atoms with Crippen molar-refractivity contribution >= 4 is 6.03 Å². The van der Waals surface area contributed by atoms with E-state index in [-0.39, 0.29) is 24.2 Å². The molecule has 1 atom stereocenters. The van der Waals surface area contributed by atoms with Gasteiger partial charge in [0.15, 0.2) is 11.6 Å². The molecule has 0 saturated heterocycles. The molecule has 0 heterocycles. The van der Waals surface area contributed by atoms with Crippen LogP contribution in [0.1, 0.15) is 24.1 Å². The van der Waals surface area contributed by atoms with Crippen LogP contribution in [0.5, 0.6) is 5.75 Å². The summed E-state index contributed by atoms with van der Waals surface area (Å²) in [4.78, 5) is 11.9. The molecule has 0 aliphatic rings. The summed E-state index contributed by atoms with van der Waals surface area (Å²) in [6, 6.07) is 9.68. The van der Waals surface area contributed by atoms with Gasteiger partial charge in [0.1, 0.15) is 5.82 Å². The Morgan fingerprint density at radius 1 is 1.22 bits per heavy atom. The molecule has 0 fully saturated rings. The Morgan fingerprint density at radius 2 is 2.00 bits per heavy atom. The zero-order valence-corrected chi connectivity index (χ0v) is 12.9. The zero-order chi connectivity index (χ0) is 16.8. The summed E-state index contributed by atoms with van der Waals surface area (Å²) >= 11 is 0. The van der Waals surface area contributed by atoms with Crippen LogP contribution < -0.4 is 15.4 Å². The molecule has 4 nitrogen and oxygen atoms in total. The predicted octanol–water partition coefficient (Wildman–Crippen LogP) is 3.53. The molecule has 23 heavy (non-hydrogen) atoms. The first-order valence-electron chi connectivity index (χ1n) is 7.12. The van der Waals surface area contributed by atoms with Gasteiger partial charge in [-0.3, -0.25) is 0 Å². The number of amides is 2. The summed E-state index contributed by atoms with van der Waals surface area (Å²) in [5, 5.41) is 5.32. The minimum atomic E-state index is -0.487. The summed E-state index contributed by atoms with van der Waals surface area (Å²) in [5.41, 5.74) is 1.27. The Bertz CT molecular complexity index is 692. The molecule has 0 aliphatic carbocycles. The number of rotatable bonds is 5. The van der Waals surface area contributed by atoms with Crippen LogP contribution in [0.15, 0.2) is 42.5 Å². The van der Waals surface area contributed by atoms with E-state index in [9.17, 15) is 13.6 Å². The minimum absolute atomic E-state index is 0.150. The second-order valence-electron chi connectivity index (χ2n) is 5.07. The van der Waals surface area contributed by atoms with Crippen LogP contribution in [-0.4, -0.2) is 13.1 Å². The molecule has 0 bridgehead atoms. The zero-order valence-electron chi connectivity index (χ0n) is 12.9. The highest BCUT2D eigenvalue weighted by atomic mass is 19.1. The number of urea groups is 1. The smallest absolute Gasteiger partial charge is 0.315 e. The normalized spacial score (nSPS) is 11.7. The van der Waals surface area contributed by atoms with Crippen molar-refractivity contribution in [2.24, 2.45) is 0 Å². The van der Waals surface area contributed by atoms with E-state index >= 15 is 0 Å². The maximum atomic E-state index is 13.7. The first-order chi connectivity index (χ1) is 11.0. The van der Waals surface area contributed by atoms with Gasteiger partial charge in [-0.1, -0.05) is 18.2 Å². The monoisotopic (exact) mass is 320 g/mol. The van der Waals surface area contributed by atoms with Gasteiger partial charge in [0.25, 0.3) is 0 Å². The Hall–Kier alpha value is -2.63. The van der Waals surface area contributed by atoms with Crippen LogP contribution in [0.3, 0.4) is 0 Å². The lowest BCUT2D eigenvalue weighted by Gasteiger charge is -2.16. The molecule has 122 valence electrons. The van der Waals surface area contributed by atoms with E-state index in [2.05, 4.69) is 10.6 Å². The van der Waals surface area contributed by atoms with Gasteiger partial charge < -0.3 is 15.4 Å². The number of carbonyl (C=O) groups is 1. The van der Waals surface area contributed by atoms with E-state index in [1.165, 1.54) is 31.4 Å². The lowest BCUT2D eigenvalue weighted by atomic mass is 10.1. The van der Waals surface area contributed by atoms with Crippen LogP contribution in [-0.2, 0) is 6.54 Å². The van der Waals surface area contributed by atoms with Crippen molar-refractivity contribution in [2.75, 3.05) is 7.11 Å². The van der Waals surface area contributed by atoms with E-state index in [1.807, 2.05) is 0 Å². The average molecular weight is 320 g/mol. The average Bonchev–Trinajstić information content (AvgIpc) is 2.53. The van der Waals surface area contributed by atoms with Crippen molar-refractivity contribution in [3.05, 3.63) is 65.2 Å². The molecule has 2 aromatic carbocycles. The highest BCUT2D eigenvalue weighted by molar-refractivity contribution is 5.74. The minimum Gasteiger partial charge on any atom is -0.494 e. The second kappa shape index (κ2) is 7.58. The molecule has 2 rings (SSSR count). The topological polar surface area (TPSA) is 50.4 Å². The predicted molar refractivity (Wildman–Crippen MR) is 83.1 cm³/mol. The van der Waals surface area contributed by atoms with Gasteiger partial charge in [-0.25, -0.2) is 13.6 Å². The Balaban J connectivity index is 1.90. The number of hydrogen-bond acceptors (Lipinski definition) is 2. The summed E-state index contributed by atoms with van der Waals surface area (Å²) < 4.78 is 31.6. The Kier molecular flexibility index (Phi) is 5.51. The Labute approximate surface area is 133 Å². The number of methoxy groups -OCH3 is 1. The number of carbonyl (C=O) groups excluding carboxylic acids is 1. The number of halogens is 2. The summed E-state index contributed by atoms with van der Waals surface area (Å²) in [7, 11) is 1.39. The number of hydrogen-bond donors (Lipinski definition) is 2. The van der Waals surface area contributed by atoms with Gasteiger partial charge in [0.05, 0.1) is 13.2 Å². The van der Waals surface area contributed by atoms with E-state index in [1.54, 1.807) is 25.1 Å². The maximum Gasteiger partial charge on any atom is 0.315 e. The van der Waals surface area contributed by atoms with Crippen LogP contribution in [0, 0.1) is 11.6 Å². The molecular formula is C17H18F2N2O2. The van der Waals surface area contributed by atoms with E-state index < -0.39 is 11.8 Å². The number of benzene rings is 2. The fourth-order valence-corrected chi connectivity index (χ4v) is 2.11. The van der Waals surface area contributed by atoms with E-state index in [0.717, 1.165) is 0 Å². The van der Waals surface area contributed by atoms with Crippen LogP contribution in [0.4, 0.5) is 13.6 Å². The van der Waals surface area contributed by atoms with Crippen molar-refractivity contribution in [1.82, 2.24) is 10.6 Å². The lowest BCUT2D eigenvalue weighted by Crippen LogP contribution is -2.36. The highest BCUT2D eigenvalue weighted by Crippen LogP contribution is 2.21. The standard InChI is InChI=1S/C17H18F2N2O2/c1-11(13-6-7-16(23-2)15(19)9-13)21-17(22)20-10-12-4-3-5-14(18)8-12/h3-9,11H,10H2,1-2H3,(H2,20,21,22). The third kappa shape index (κ3) is 4.67. The van der Waals surface area contributed by atoms with Gasteiger partial charge in [-0.15, -0.1) is 0 Å². The van der Waals surface area contributed by atoms with Crippen molar-refractivity contribution in [1.29, 1.82) is 0 Å². The summed E-state index contributed by atoms with van der Waals surface area (Å²) in [5.74, 6) is -0.692. The second-order valence-corrected chi connectivity index (χ2v) is 5.07. The van der Waals surface area contributed by atoms with Crippen molar-refractivity contribution in [3.63, 3.8) is 0 Å². The molecule has 6 heteroatoms. The highest BCUT2D eigenvalue weighted by Gasteiger charge is 2.12. The molecule has 0 saturated carbocycles. The summed E-state index contributed by atoms with van der Waals surface area (Å²) in [6.07, 6.45) is 0. The third-order valence-electron chi connectivity index (χ3n) is 3.37. The van der Waals surface area contributed by atoms with E-state index in [4.69, 9.17) is 4.74 Å². The van der Waals surface area contributed by atoms with Gasteiger partial charge >= 0.3 is 6.03 Å².